The zero-order valence-electron chi connectivity index (χ0n) is 19.8. The standard InChI is InChI=1S/C27H31NO6/c1-4-33-26(34-5-2)17-20-22(29)16-21(18-12-8-6-9-13-18)27(23(20)26,25(31)32-3)28-24(30)19-14-10-7-11-15-19/h6-15,20-21,23H,4-5,16-17H2,1-3H3,(H,28,30)/t20-,21+,23+,27-/m1/s1. The molecule has 7 nitrogen and oxygen atoms in total. The van der Waals surface area contributed by atoms with Crippen molar-refractivity contribution in [2.24, 2.45) is 11.8 Å². The number of benzene rings is 2. The summed E-state index contributed by atoms with van der Waals surface area (Å²) in [5, 5.41) is 3.05. The van der Waals surface area contributed by atoms with Gasteiger partial charge in [-0.3, -0.25) is 9.59 Å². The van der Waals surface area contributed by atoms with E-state index in [2.05, 4.69) is 5.32 Å². The molecule has 180 valence electrons. The zero-order valence-corrected chi connectivity index (χ0v) is 19.8. The molecular formula is C27H31NO6. The fourth-order valence-corrected chi connectivity index (χ4v) is 5.79. The van der Waals surface area contributed by atoms with Crippen molar-refractivity contribution in [3.63, 3.8) is 0 Å². The lowest BCUT2D eigenvalue weighted by molar-refractivity contribution is -0.341. The van der Waals surface area contributed by atoms with Crippen molar-refractivity contribution in [1.82, 2.24) is 5.32 Å². The van der Waals surface area contributed by atoms with Crippen molar-refractivity contribution in [3.05, 3.63) is 71.8 Å². The summed E-state index contributed by atoms with van der Waals surface area (Å²) in [5.74, 6) is -4.08. The van der Waals surface area contributed by atoms with Crippen molar-refractivity contribution in [2.45, 2.75) is 43.9 Å². The van der Waals surface area contributed by atoms with Gasteiger partial charge in [-0.25, -0.2) is 4.79 Å². The molecule has 4 rings (SSSR count). The molecule has 2 aromatic carbocycles. The largest absolute Gasteiger partial charge is 0.467 e. The lowest BCUT2D eigenvalue weighted by Gasteiger charge is -2.63. The van der Waals surface area contributed by atoms with Crippen LogP contribution in [-0.2, 0) is 23.8 Å². The third kappa shape index (κ3) is 3.83. The molecule has 0 radical (unpaired) electrons. The third-order valence-corrected chi connectivity index (χ3v) is 7.10. The second kappa shape index (κ2) is 9.68. The lowest BCUT2D eigenvalue weighted by atomic mass is 9.48. The molecule has 4 atom stereocenters. The van der Waals surface area contributed by atoms with Crippen molar-refractivity contribution < 1.29 is 28.6 Å². The summed E-state index contributed by atoms with van der Waals surface area (Å²) in [6.07, 6.45) is 0.434. The van der Waals surface area contributed by atoms with Gasteiger partial charge < -0.3 is 19.5 Å². The number of nitrogens with one attached hydrogen (secondary N) is 1. The maximum absolute atomic E-state index is 13.8. The van der Waals surface area contributed by atoms with Crippen molar-refractivity contribution in [3.8, 4) is 0 Å². The first-order chi connectivity index (χ1) is 16.4. The van der Waals surface area contributed by atoms with Gasteiger partial charge in [0.05, 0.1) is 13.0 Å². The number of fused-ring (bicyclic) bond motifs is 1. The molecule has 0 saturated heterocycles. The van der Waals surface area contributed by atoms with E-state index in [0.717, 1.165) is 5.56 Å². The number of esters is 1. The van der Waals surface area contributed by atoms with Crippen LogP contribution in [0.15, 0.2) is 60.7 Å². The summed E-state index contributed by atoms with van der Waals surface area (Å²) in [6.45, 7) is 4.35. The van der Waals surface area contributed by atoms with E-state index >= 15 is 0 Å². The summed E-state index contributed by atoms with van der Waals surface area (Å²) in [4.78, 5) is 40.6. The van der Waals surface area contributed by atoms with Crippen molar-refractivity contribution in [2.75, 3.05) is 20.3 Å². The minimum Gasteiger partial charge on any atom is -0.467 e. The zero-order chi connectivity index (χ0) is 24.3. The summed E-state index contributed by atoms with van der Waals surface area (Å²) < 4.78 is 17.6. The summed E-state index contributed by atoms with van der Waals surface area (Å²) in [5.41, 5.74) is -0.393. The maximum atomic E-state index is 13.8. The molecule has 0 aromatic heterocycles. The molecule has 0 unspecified atom stereocenters. The van der Waals surface area contributed by atoms with Gasteiger partial charge in [0.2, 0.25) is 0 Å². The Morgan fingerprint density at radius 1 is 0.971 bits per heavy atom. The van der Waals surface area contributed by atoms with Crippen LogP contribution in [0.4, 0.5) is 0 Å². The second-order valence-electron chi connectivity index (χ2n) is 8.78. The van der Waals surface area contributed by atoms with Gasteiger partial charge in [0.25, 0.3) is 5.91 Å². The summed E-state index contributed by atoms with van der Waals surface area (Å²) in [7, 11) is 1.30. The topological polar surface area (TPSA) is 90.9 Å². The molecule has 34 heavy (non-hydrogen) atoms. The number of Topliss-reactive ketones (excluding diaryl/α,β-unsaturated/α-hetero) is 1. The van der Waals surface area contributed by atoms with E-state index in [-0.39, 0.29) is 12.2 Å². The predicted molar refractivity (Wildman–Crippen MR) is 125 cm³/mol. The molecule has 2 aromatic rings. The van der Waals surface area contributed by atoms with Gasteiger partial charge in [-0.05, 0) is 31.5 Å². The normalized spacial score (nSPS) is 27.3. The van der Waals surface area contributed by atoms with Gasteiger partial charge in [-0.1, -0.05) is 48.5 Å². The van der Waals surface area contributed by atoms with Crippen LogP contribution in [0.25, 0.3) is 0 Å². The highest BCUT2D eigenvalue weighted by Crippen LogP contribution is 2.61. The fourth-order valence-electron chi connectivity index (χ4n) is 5.79. The van der Waals surface area contributed by atoms with E-state index in [9.17, 15) is 14.4 Å². The average Bonchev–Trinajstić information content (AvgIpc) is 2.85. The van der Waals surface area contributed by atoms with Gasteiger partial charge in [0.15, 0.2) is 11.3 Å². The minimum atomic E-state index is -1.57. The minimum absolute atomic E-state index is 0.0300. The molecular weight excluding hydrogens is 434 g/mol. The maximum Gasteiger partial charge on any atom is 0.332 e. The third-order valence-electron chi connectivity index (χ3n) is 7.10. The van der Waals surface area contributed by atoms with Gasteiger partial charge in [0.1, 0.15) is 5.78 Å². The highest BCUT2D eigenvalue weighted by Gasteiger charge is 2.74. The highest BCUT2D eigenvalue weighted by molar-refractivity contribution is 6.01. The van der Waals surface area contributed by atoms with Gasteiger partial charge in [-0.2, -0.15) is 0 Å². The van der Waals surface area contributed by atoms with E-state index in [0.29, 0.717) is 25.2 Å². The molecule has 0 heterocycles. The number of carbonyl (C=O) groups is 3. The number of ketones is 1. The van der Waals surface area contributed by atoms with Crippen LogP contribution < -0.4 is 5.32 Å². The molecule has 0 bridgehead atoms. The number of hydrogen-bond acceptors (Lipinski definition) is 6. The first-order valence-corrected chi connectivity index (χ1v) is 11.7. The van der Waals surface area contributed by atoms with Crippen LogP contribution in [0, 0.1) is 11.8 Å². The Labute approximate surface area is 199 Å². The fraction of sp³-hybridized carbons (Fsp3) is 0.444. The number of ether oxygens (including phenoxy) is 3. The van der Waals surface area contributed by atoms with Crippen LogP contribution in [0.5, 0.6) is 0 Å². The van der Waals surface area contributed by atoms with Gasteiger partial charge in [-0.15, -0.1) is 0 Å². The van der Waals surface area contributed by atoms with E-state index < -0.39 is 41.0 Å². The Balaban J connectivity index is 1.92. The van der Waals surface area contributed by atoms with E-state index in [4.69, 9.17) is 14.2 Å². The van der Waals surface area contributed by atoms with E-state index in [1.54, 1.807) is 24.3 Å². The Hall–Kier alpha value is -3.03. The molecule has 7 heteroatoms. The number of hydrogen-bond donors (Lipinski definition) is 1. The van der Waals surface area contributed by atoms with Crippen LogP contribution in [0.2, 0.25) is 0 Å². The molecule has 0 aliphatic heterocycles. The molecule has 2 aliphatic rings. The van der Waals surface area contributed by atoms with Crippen LogP contribution in [-0.4, -0.2) is 49.3 Å². The summed E-state index contributed by atoms with van der Waals surface area (Å²) in [6, 6.07) is 18.0. The van der Waals surface area contributed by atoms with Crippen LogP contribution in [0.3, 0.4) is 0 Å². The lowest BCUT2D eigenvalue weighted by Crippen LogP contribution is -2.78. The van der Waals surface area contributed by atoms with Crippen molar-refractivity contribution in [1.29, 1.82) is 0 Å². The molecule has 1 N–H and O–H groups in total. The first-order valence-electron chi connectivity index (χ1n) is 11.7. The highest BCUT2D eigenvalue weighted by atomic mass is 16.7. The van der Waals surface area contributed by atoms with Gasteiger partial charge in [0, 0.05) is 43.5 Å². The molecule has 1 amide bonds. The molecule has 2 saturated carbocycles. The Morgan fingerprint density at radius 3 is 2.12 bits per heavy atom. The average molecular weight is 466 g/mol. The number of amides is 1. The number of carbonyl (C=O) groups excluding carboxylic acids is 3. The van der Waals surface area contributed by atoms with Gasteiger partial charge >= 0.3 is 5.97 Å². The molecule has 0 spiro atoms. The monoisotopic (exact) mass is 465 g/mol. The van der Waals surface area contributed by atoms with E-state index in [1.165, 1.54) is 7.11 Å². The first kappa shape index (κ1) is 24.1. The molecule has 2 aliphatic carbocycles. The van der Waals surface area contributed by atoms with Crippen LogP contribution >= 0.6 is 0 Å². The number of rotatable bonds is 8. The predicted octanol–water partition coefficient (Wildman–Crippen LogP) is 3.49. The Morgan fingerprint density at radius 2 is 1.56 bits per heavy atom. The Bertz CT molecular complexity index is 1030. The van der Waals surface area contributed by atoms with E-state index in [1.807, 2.05) is 50.2 Å². The second-order valence-corrected chi connectivity index (χ2v) is 8.78. The number of methoxy groups -OCH3 is 1. The smallest absolute Gasteiger partial charge is 0.332 e. The quantitative estimate of drug-likeness (QED) is 0.474. The summed E-state index contributed by atoms with van der Waals surface area (Å²) >= 11 is 0. The molecule has 2 fully saturated rings. The SMILES string of the molecule is CCOC1(OCC)C[C@@H]2C(=O)C[C@@H](c3ccccc3)[C@](NC(=O)c3ccccc3)(C(=O)OC)[C@@H]21. The van der Waals surface area contributed by atoms with Crippen LogP contribution in [0.1, 0.15) is 48.5 Å². The van der Waals surface area contributed by atoms with Crippen molar-refractivity contribution >= 4 is 17.7 Å². The Kier molecular flexibility index (Phi) is 6.86.